The zero-order chi connectivity index (χ0) is 17.7. The van der Waals surface area contributed by atoms with E-state index in [0.29, 0.717) is 30.1 Å². The second-order valence-corrected chi connectivity index (χ2v) is 5.06. The number of nitrogens with zero attached hydrogens (tertiary/aromatic N) is 1. The van der Waals surface area contributed by atoms with E-state index in [0.717, 1.165) is 5.56 Å². The summed E-state index contributed by atoms with van der Waals surface area (Å²) in [7, 11) is 1.54. The van der Waals surface area contributed by atoms with Crippen LogP contribution in [0, 0.1) is 10.1 Å². The van der Waals surface area contributed by atoms with Crippen LogP contribution in [0.15, 0.2) is 36.4 Å². The van der Waals surface area contributed by atoms with Gasteiger partial charge in [0.2, 0.25) is 5.91 Å². The summed E-state index contributed by atoms with van der Waals surface area (Å²) in [6, 6.07) is 9.53. The molecule has 0 saturated carbocycles. The van der Waals surface area contributed by atoms with E-state index in [1.807, 2.05) is 13.0 Å². The number of nitro groups is 1. The van der Waals surface area contributed by atoms with Gasteiger partial charge in [-0.2, -0.15) is 0 Å². The van der Waals surface area contributed by atoms with Crippen molar-refractivity contribution in [3.63, 3.8) is 0 Å². The maximum Gasteiger partial charge on any atom is 0.270 e. The van der Waals surface area contributed by atoms with Gasteiger partial charge in [0.15, 0.2) is 11.5 Å². The van der Waals surface area contributed by atoms with Crippen LogP contribution in [0.1, 0.15) is 28.4 Å². The maximum atomic E-state index is 11.6. The Bertz CT molecular complexity index is 774. The van der Waals surface area contributed by atoms with Crippen molar-refractivity contribution >= 4 is 11.6 Å². The average Bonchev–Trinajstić information content (AvgIpc) is 2.56. The monoisotopic (exact) mass is 330 g/mol. The van der Waals surface area contributed by atoms with Gasteiger partial charge in [-0.1, -0.05) is 12.1 Å². The lowest BCUT2D eigenvalue weighted by molar-refractivity contribution is -0.384. The lowest BCUT2D eigenvalue weighted by Gasteiger charge is -2.12. The molecule has 0 aromatic heterocycles. The van der Waals surface area contributed by atoms with Crippen LogP contribution in [0.3, 0.4) is 0 Å². The molecule has 0 aliphatic carbocycles. The van der Waals surface area contributed by atoms with Gasteiger partial charge in [0.25, 0.3) is 5.69 Å². The molecule has 0 spiro atoms. The van der Waals surface area contributed by atoms with Crippen LogP contribution in [-0.4, -0.2) is 24.5 Å². The van der Waals surface area contributed by atoms with E-state index in [-0.39, 0.29) is 11.3 Å². The zero-order valence-electron chi connectivity index (χ0n) is 13.4. The molecule has 7 heteroatoms. The molecule has 0 radical (unpaired) electrons. The Labute approximate surface area is 139 Å². The van der Waals surface area contributed by atoms with Gasteiger partial charge in [0.05, 0.1) is 18.6 Å². The highest BCUT2D eigenvalue weighted by Crippen LogP contribution is 2.29. The van der Waals surface area contributed by atoms with E-state index in [1.54, 1.807) is 25.3 Å². The molecule has 0 aliphatic rings. The molecule has 1 amide bonds. The standard InChI is InChI=1S/C17H18N2O5/c1-3-24-15-7-4-11(9-16(15)23-2)8-12-5-6-13(19(21)22)10-14(12)17(18)20/h4-7,9-10H,3,8H2,1-2H3,(H2,18,20). The van der Waals surface area contributed by atoms with Crippen molar-refractivity contribution in [2.75, 3.05) is 13.7 Å². The van der Waals surface area contributed by atoms with Crippen molar-refractivity contribution in [2.24, 2.45) is 5.73 Å². The molecule has 0 saturated heterocycles. The van der Waals surface area contributed by atoms with E-state index in [1.165, 1.54) is 12.1 Å². The van der Waals surface area contributed by atoms with Crippen LogP contribution in [0.4, 0.5) is 5.69 Å². The third-order valence-electron chi connectivity index (χ3n) is 3.49. The molecule has 0 bridgehead atoms. The fraction of sp³-hybridized carbons (Fsp3) is 0.235. The van der Waals surface area contributed by atoms with E-state index >= 15 is 0 Å². The predicted octanol–water partition coefficient (Wildman–Crippen LogP) is 2.69. The molecule has 2 rings (SSSR count). The molecular weight excluding hydrogens is 312 g/mol. The first-order chi connectivity index (χ1) is 11.5. The van der Waals surface area contributed by atoms with Crippen molar-refractivity contribution in [3.8, 4) is 11.5 Å². The quantitative estimate of drug-likeness (QED) is 0.621. The molecule has 2 aromatic rings. The number of nitrogens with two attached hydrogens (primary N) is 1. The molecule has 126 valence electrons. The van der Waals surface area contributed by atoms with Gasteiger partial charge in [-0.25, -0.2) is 0 Å². The van der Waals surface area contributed by atoms with E-state index in [9.17, 15) is 14.9 Å². The molecule has 0 unspecified atom stereocenters. The van der Waals surface area contributed by atoms with Gasteiger partial charge in [-0.15, -0.1) is 0 Å². The average molecular weight is 330 g/mol. The van der Waals surface area contributed by atoms with E-state index in [4.69, 9.17) is 15.2 Å². The summed E-state index contributed by atoms with van der Waals surface area (Å²) in [6.45, 7) is 2.40. The highest BCUT2D eigenvalue weighted by atomic mass is 16.6. The lowest BCUT2D eigenvalue weighted by atomic mass is 9.98. The number of benzene rings is 2. The fourth-order valence-electron chi connectivity index (χ4n) is 2.38. The Morgan fingerprint density at radius 2 is 1.96 bits per heavy atom. The first-order valence-electron chi connectivity index (χ1n) is 7.33. The predicted molar refractivity (Wildman–Crippen MR) is 88.6 cm³/mol. The van der Waals surface area contributed by atoms with Crippen LogP contribution in [-0.2, 0) is 6.42 Å². The highest BCUT2D eigenvalue weighted by Gasteiger charge is 2.15. The summed E-state index contributed by atoms with van der Waals surface area (Å²) in [6.07, 6.45) is 0.388. The Balaban J connectivity index is 2.37. The van der Waals surface area contributed by atoms with Gasteiger partial charge in [0.1, 0.15) is 0 Å². The molecule has 0 aliphatic heterocycles. The largest absolute Gasteiger partial charge is 0.493 e. The maximum absolute atomic E-state index is 11.6. The summed E-state index contributed by atoms with van der Waals surface area (Å²) in [5.74, 6) is 0.506. The Morgan fingerprint density at radius 1 is 1.21 bits per heavy atom. The summed E-state index contributed by atoms with van der Waals surface area (Å²) < 4.78 is 10.8. The van der Waals surface area contributed by atoms with Gasteiger partial charge < -0.3 is 15.2 Å². The number of hydrogen-bond donors (Lipinski definition) is 1. The molecular formula is C17H18N2O5. The molecule has 24 heavy (non-hydrogen) atoms. The van der Waals surface area contributed by atoms with Crippen molar-refractivity contribution in [2.45, 2.75) is 13.3 Å². The smallest absolute Gasteiger partial charge is 0.270 e. The fourth-order valence-corrected chi connectivity index (χ4v) is 2.38. The summed E-state index contributed by atoms with van der Waals surface area (Å²) in [5, 5.41) is 10.9. The van der Waals surface area contributed by atoms with Gasteiger partial charge >= 0.3 is 0 Å². The van der Waals surface area contributed by atoms with Crippen molar-refractivity contribution in [1.29, 1.82) is 0 Å². The van der Waals surface area contributed by atoms with Crippen LogP contribution >= 0.6 is 0 Å². The van der Waals surface area contributed by atoms with Gasteiger partial charge in [0, 0.05) is 17.7 Å². The first-order valence-corrected chi connectivity index (χ1v) is 7.33. The second-order valence-electron chi connectivity index (χ2n) is 5.06. The number of non-ortho nitro benzene ring substituents is 1. The third kappa shape index (κ3) is 3.81. The second kappa shape index (κ2) is 7.45. The number of rotatable bonds is 7. The topological polar surface area (TPSA) is 105 Å². The SMILES string of the molecule is CCOc1ccc(Cc2ccc([N+](=O)[O-])cc2C(N)=O)cc1OC. The molecule has 2 aromatic carbocycles. The first kappa shape index (κ1) is 17.3. The summed E-state index contributed by atoms with van der Waals surface area (Å²) in [4.78, 5) is 21.9. The number of primary amides is 1. The lowest BCUT2D eigenvalue weighted by Crippen LogP contribution is -2.14. The number of carbonyl (C=O) groups is 1. The molecule has 0 heterocycles. The number of amides is 1. The minimum Gasteiger partial charge on any atom is -0.493 e. The Hall–Kier alpha value is -3.09. The number of nitro benzene ring substituents is 1. The van der Waals surface area contributed by atoms with Gasteiger partial charge in [-0.3, -0.25) is 14.9 Å². The normalized spacial score (nSPS) is 10.2. The van der Waals surface area contributed by atoms with Crippen LogP contribution in [0.25, 0.3) is 0 Å². The van der Waals surface area contributed by atoms with Crippen LogP contribution < -0.4 is 15.2 Å². The highest BCUT2D eigenvalue weighted by molar-refractivity contribution is 5.95. The number of carbonyl (C=O) groups excluding carboxylic acids is 1. The number of hydrogen-bond acceptors (Lipinski definition) is 5. The summed E-state index contributed by atoms with van der Waals surface area (Å²) in [5.41, 5.74) is 6.80. The van der Waals surface area contributed by atoms with E-state index in [2.05, 4.69) is 0 Å². The molecule has 7 nitrogen and oxygen atoms in total. The van der Waals surface area contributed by atoms with E-state index < -0.39 is 10.8 Å². The van der Waals surface area contributed by atoms with Crippen molar-refractivity contribution < 1.29 is 19.2 Å². The molecule has 0 fully saturated rings. The summed E-state index contributed by atoms with van der Waals surface area (Å²) >= 11 is 0. The van der Waals surface area contributed by atoms with Gasteiger partial charge in [-0.05, 0) is 36.6 Å². The van der Waals surface area contributed by atoms with Crippen molar-refractivity contribution in [1.82, 2.24) is 0 Å². The Kier molecular flexibility index (Phi) is 5.36. The van der Waals surface area contributed by atoms with Crippen LogP contribution in [0.5, 0.6) is 11.5 Å². The zero-order valence-corrected chi connectivity index (χ0v) is 13.4. The number of ether oxygens (including phenoxy) is 2. The third-order valence-corrected chi connectivity index (χ3v) is 3.49. The molecule has 0 atom stereocenters. The number of methoxy groups -OCH3 is 1. The molecule has 2 N–H and O–H groups in total. The minimum absolute atomic E-state index is 0.136. The minimum atomic E-state index is -0.702. The van der Waals surface area contributed by atoms with Crippen LogP contribution in [0.2, 0.25) is 0 Å². The van der Waals surface area contributed by atoms with Crippen molar-refractivity contribution in [3.05, 3.63) is 63.2 Å². The Morgan fingerprint density at radius 3 is 2.54 bits per heavy atom.